The van der Waals surface area contributed by atoms with E-state index in [2.05, 4.69) is 0 Å². The first-order valence-electron chi connectivity index (χ1n) is 9.91. The maximum atomic E-state index is 14.4. The predicted octanol–water partition coefficient (Wildman–Crippen LogP) is 4.18. The lowest BCUT2D eigenvalue weighted by Crippen LogP contribution is -2.33. The lowest BCUT2D eigenvalue weighted by atomic mass is 9.81. The number of ketones is 1. The topological polar surface area (TPSA) is 71.5 Å². The van der Waals surface area contributed by atoms with Crippen molar-refractivity contribution in [1.29, 1.82) is 0 Å². The summed E-state index contributed by atoms with van der Waals surface area (Å²) < 4.78 is 38.1. The molecule has 0 N–H and O–H groups in total. The number of nitrogens with zero attached hydrogens (tertiary/aromatic N) is 1. The minimum atomic E-state index is -3.10. The van der Waals surface area contributed by atoms with E-state index in [4.69, 9.17) is 0 Å². The Morgan fingerprint density at radius 2 is 1.80 bits per heavy atom. The molecule has 2 aromatic rings. The zero-order valence-electron chi connectivity index (χ0n) is 17.2. The molecule has 1 atom stereocenters. The number of carbonyl (C=O) groups is 2. The molecule has 0 spiro atoms. The minimum Gasteiger partial charge on any atom is -0.294 e. The Bertz CT molecular complexity index is 1170. The fourth-order valence-corrected chi connectivity index (χ4v) is 6.74. The summed E-state index contributed by atoms with van der Waals surface area (Å²) in [6, 6.07) is 11.1. The second-order valence-electron chi connectivity index (χ2n) is 9.20. The standard InChI is InChI=1S/C23H24FNO4S/c1-22(2)16-12-15(20(26)13-23(3)10-11-30(28,29)14-23)8-9-18(16)25(21(22)27)19-7-5-4-6-17(19)24/h4-9,12H,10-11,13-14H2,1-3H3/t23-/m1/s1. The highest BCUT2D eigenvalue weighted by Gasteiger charge is 2.46. The summed E-state index contributed by atoms with van der Waals surface area (Å²) in [5.41, 5.74) is 0.341. The van der Waals surface area contributed by atoms with Gasteiger partial charge in [-0.2, -0.15) is 0 Å². The predicted molar refractivity (Wildman–Crippen MR) is 113 cm³/mol. The largest absolute Gasteiger partial charge is 0.294 e. The number of para-hydroxylation sites is 1. The molecule has 4 rings (SSSR count). The van der Waals surface area contributed by atoms with E-state index in [-0.39, 0.29) is 35.3 Å². The molecule has 158 valence electrons. The maximum absolute atomic E-state index is 14.4. The van der Waals surface area contributed by atoms with Gasteiger partial charge in [0.2, 0.25) is 5.91 Å². The average molecular weight is 430 g/mol. The van der Waals surface area contributed by atoms with Crippen molar-refractivity contribution >= 4 is 32.9 Å². The van der Waals surface area contributed by atoms with Gasteiger partial charge in [-0.3, -0.25) is 14.5 Å². The van der Waals surface area contributed by atoms with Gasteiger partial charge in [0.25, 0.3) is 0 Å². The molecule has 2 heterocycles. The van der Waals surface area contributed by atoms with Gasteiger partial charge in [0.1, 0.15) is 5.82 Å². The molecule has 2 aliphatic heterocycles. The number of benzene rings is 2. The van der Waals surface area contributed by atoms with Crippen molar-refractivity contribution in [3.8, 4) is 0 Å². The molecule has 30 heavy (non-hydrogen) atoms. The van der Waals surface area contributed by atoms with Crippen molar-refractivity contribution < 1.29 is 22.4 Å². The highest BCUT2D eigenvalue weighted by atomic mass is 32.2. The molecular weight excluding hydrogens is 405 g/mol. The van der Waals surface area contributed by atoms with Gasteiger partial charge in [-0.1, -0.05) is 19.1 Å². The van der Waals surface area contributed by atoms with Crippen LogP contribution < -0.4 is 4.90 Å². The first-order valence-corrected chi connectivity index (χ1v) is 11.7. The summed E-state index contributed by atoms with van der Waals surface area (Å²) in [6.45, 7) is 5.35. The second-order valence-corrected chi connectivity index (χ2v) is 11.4. The Balaban J connectivity index is 1.70. The van der Waals surface area contributed by atoms with Gasteiger partial charge in [0.15, 0.2) is 15.6 Å². The maximum Gasteiger partial charge on any atom is 0.241 e. The number of amides is 1. The summed E-state index contributed by atoms with van der Waals surface area (Å²) in [6.07, 6.45) is 0.605. The summed E-state index contributed by atoms with van der Waals surface area (Å²) >= 11 is 0. The molecule has 0 aliphatic carbocycles. The number of halogens is 1. The van der Waals surface area contributed by atoms with Crippen LogP contribution in [0.3, 0.4) is 0 Å². The summed E-state index contributed by atoms with van der Waals surface area (Å²) in [5.74, 6) is -0.780. The van der Waals surface area contributed by atoms with Crippen molar-refractivity contribution in [3.05, 3.63) is 59.4 Å². The number of sulfone groups is 1. The smallest absolute Gasteiger partial charge is 0.241 e. The summed E-state index contributed by atoms with van der Waals surface area (Å²) in [4.78, 5) is 27.5. The molecule has 2 aliphatic rings. The van der Waals surface area contributed by atoms with Gasteiger partial charge in [-0.05, 0) is 61.6 Å². The average Bonchev–Trinajstić information content (AvgIpc) is 3.05. The van der Waals surface area contributed by atoms with E-state index in [1.54, 1.807) is 50.2 Å². The number of rotatable bonds is 4. The number of fused-ring (bicyclic) bond motifs is 1. The van der Waals surface area contributed by atoms with Gasteiger partial charge in [-0.25, -0.2) is 12.8 Å². The van der Waals surface area contributed by atoms with E-state index in [9.17, 15) is 22.4 Å². The van der Waals surface area contributed by atoms with Crippen molar-refractivity contribution in [2.24, 2.45) is 5.41 Å². The van der Waals surface area contributed by atoms with Crippen LogP contribution in [-0.4, -0.2) is 31.6 Å². The third-order valence-corrected chi connectivity index (χ3v) is 8.20. The van der Waals surface area contributed by atoms with Gasteiger partial charge in [-0.15, -0.1) is 0 Å². The van der Waals surface area contributed by atoms with Crippen LogP contribution in [0.5, 0.6) is 0 Å². The molecule has 1 amide bonds. The van der Waals surface area contributed by atoms with Gasteiger partial charge in [0, 0.05) is 12.0 Å². The number of hydrogen-bond acceptors (Lipinski definition) is 4. The van der Waals surface area contributed by atoms with Crippen LogP contribution in [0.4, 0.5) is 15.8 Å². The number of anilines is 2. The zero-order chi connectivity index (χ0) is 21.9. The number of carbonyl (C=O) groups excluding carboxylic acids is 2. The molecule has 0 aromatic heterocycles. The van der Waals surface area contributed by atoms with Crippen molar-refractivity contribution in [2.75, 3.05) is 16.4 Å². The van der Waals surface area contributed by atoms with Crippen LogP contribution >= 0.6 is 0 Å². The quantitative estimate of drug-likeness (QED) is 0.684. The molecule has 2 aromatic carbocycles. The van der Waals surface area contributed by atoms with E-state index in [0.29, 0.717) is 23.2 Å². The summed E-state index contributed by atoms with van der Waals surface area (Å²) in [7, 11) is -3.10. The monoisotopic (exact) mass is 429 g/mol. The zero-order valence-corrected chi connectivity index (χ0v) is 18.1. The highest BCUT2D eigenvalue weighted by Crippen LogP contribution is 2.46. The van der Waals surface area contributed by atoms with Gasteiger partial charge < -0.3 is 0 Å². The Morgan fingerprint density at radius 3 is 2.43 bits per heavy atom. The lowest BCUT2D eigenvalue weighted by molar-refractivity contribution is -0.121. The molecule has 0 bridgehead atoms. The fourth-order valence-electron chi connectivity index (χ4n) is 4.49. The van der Waals surface area contributed by atoms with Crippen LogP contribution in [0.25, 0.3) is 0 Å². The molecule has 7 heteroatoms. The third kappa shape index (κ3) is 3.35. The second kappa shape index (κ2) is 6.74. The van der Waals surface area contributed by atoms with Crippen LogP contribution in [0.2, 0.25) is 0 Å². The minimum absolute atomic E-state index is 0.0156. The van der Waals surface area contributed by atoms with Crippen LogP contribution in [0, 0.1) is 11.2 Å². The lowest BCUT2D eigenvalue weighted by Gasteiger charge is -2.21. The molecule has 5 nitrogen and oxygen atoms in total. The van der Waals surface area contributed by atoms with Gasteiger partial charge in [0.05, 0.1) is 28.3 Å². The van der Waals surface area contributed by atoms with Gasteiger partial charge >= 0.3 is 0 Å². The van der Waals surface area contributed by atoms with Crippen molar-refractivity contribution in [1.82, 2.24) is 0 Å². The molecule has 1 saturated heterocycles. The van der Waals surface area contributed by atoms with E-state index in [0.717, 1.165) is 0 Å². The number of Topliss-reactive ketones (excluding diaryl/α,β-unsaturated/α-hetero) is 1. The number of hydrogen-bond donors (Lipinski definition) is 0. The first-order chi connectivity index (χ1) is 13.9. The Kier molecular flexibility index (Phi) is 4.65. The molecule has 0 saturated carbocycles. The Hall–Kier alpha value is -2.54. The molecule has 0 unspecified atom stereocenters. The Morgan fingerprint density at radius 1 is 1.10 bits per heavy atom. The van der Waals surface area contributed by atoms with Crippen LogP contribution in [-0.2, 0) is 20.0 Å². The first kappa shape index (κ1) is 20.7. The van der Waals surface area contributed by atoms with Crippen molar-refractivity contribution in [3.63, 3.8) is 0 Å². The van der Waals surface area contributed by atoms with Crippen LogP contribution in [0.1, 0.15) is 49.5 Å². The normalized spacial score (nSPS) is 24.1. The van der Waals surface area contributed by atoms with Crippen LogP contribution in [0.15, 0.2) is 42.5 Å². The fraction of sp³-hybridized carbons (Fsp3) is 0.391. The molecule has 1 fully saturated rings. The van der Waals surface area contributed by atoms with E-state index in [1.807, 2.05) is 6.92 Å². The molecule has 0 radical (unpaired) electrons. The van der Waals surface area contributed by atoms with E-state index in [1.165, 1.54) is 11.0 Å². The van der Waals surface area contributed by atoms with Crippen molar-refractivity contribution in [2.45, 2.75) is 39.0 Å². The highest BCUT2D eigenvalue weighted by molar-refractivity contribution is 7.91. The third-order valence-electron chi connectivity index (χ3n) is 6.24. The van der Waals surface area contributed by atoms with E-state index >= 15 is 0 Å². The summed E-state index contributed by atoms with van der Waals surface area (Å²) in [5, 5.41) is 0. The molecular formula is C23H24FNO4S. The Labute approximate surface area is 175 Å². The van der Waals surface area contributed by atoms with E-state index < -0.39 is 26.5 Å². The SMILES string of the molecule is CC1(C)C(=O)N(c2ccccc2F)c2ccc(C(=O)C[C@@]3(C)CCS(=O)(=O)C3)cc21.